The molecule has 34 heavy (non-hydrogen) atoms. The number of carbonyl (C=O) groups excluding carboxylic acids is 1. The molecular weight excluding hydrogens is 452 g/mol. The molecule has 0 aromatic heterocycles. The van der Waals surface area contributed by atoms with Gasteiger partial charge in [-0.2, -0.15) is 0 Å². The van der Waals surface area contributed by atoms with Gasteiger partial charge in [-0.3, -0.25) is 0 Å². The zero-order valence-electron chi connectivity index (χ0n) is 22.0. The molecule has 7 nitrogen and oxygen atoms in total. The second-order valence-electron chi connectivity index (χ2n) is 10.3. The summed E-state index contributed by atoms with van der Waals surface area (Å²) < 4.78 is 35.6. The van der Waals surface area contributed by atoms with Crippen LogP contribution < -0.4 is 0 Å². The standard InChI is InChI=1S/C26H40O7Si/c1-10-29-21(27)17-16-20(30-18-28-7)23-24(32-26(5,6)31-23)22(19-14-12-11-13-15-19)33-34(8,9)25(2,3)4/h11-15,20,22-24H,10,18H2,1-9H3/t20-,22+,23+,24+/m0/s1. The van der Waals surface area contributed by atoms with Crippen LogP contribution in [0.4, 0.5) is 0 Å². The molecule has 1 aromatic rings. The van der Waals surface area contributed by atoms with Crippen LogP contribution in [0, 0.1) is 11.8 Å². The number of ether oxygens (including phenoxy) is 5. The molecule has 1 aliphatic rings. The van der Waals surface area contributed by atoms with E-state index in [-0.39, 0.29) is 18.4 Å². The van der Waals surface area contributed by atoms with Crippen molar-refractivity contribution in [2.24, 2.45) is 0 Å². The minimum atomic E-state index is -2.21. The Morgan fingerprint density at radius 1 is 1.15 bits per heavy atom. The first-order chi connectivity index (χ1) is 15.8. The highest BCUT2D eigenvalue weighted by atomic mass is 28.4. The van der Waals surface area contributed by atoms with Gasteiger partial charge in [-0.15, -0.1) is 0 Å². The summed E-state index contributed by atoms with van der Waals surface area (Å²) in [5.41, 5.74) is 0.979. The Bertz CT molecular complexity index is 851. The summed E-state index contributed by atoms with van der Waals surface area (Å²) in [6.45, 7) is 16.7. The van der Waals surface area contributed by atoms with E-state index in [1.165, 1.54) is 7.11 Å². The quantitative estimate of drug-likeness (QED) is 0.161. The van der Waals surface area contributed by atoms with E-state index in [0.29, 0.717) is 0 Å². The molecular formula is C26H40O7Si. The third kappa shape index (κ3) is 7.64. The van der Waals surface area contributed by atoms with Crippen molar-refractivity contribution < 1.29 is 32.9 Å². The number of methoxy groups -OCH3 is 1. The molecule has 0 bridgehead atoms. The Morgan fingerprint density at radius 2 is 1.76 bits per heavy atom. The minimum absolute atomic E-state index is 0.0137. The maximum Gasteiger partial charge on any atom is 0.384 e. The van der Waals surface area contributed by atoms with Crippen LogP contribution in [0.5, 0.6) is 0 Å². The van der Waals surface area contributed by atoms with Crippen molar-refractivity contribution in [1.82, 2.24) is 0 Å². The largest absolute Gasteiger partial charge is 0.456 e. The Morgan fingerprint density at radius 3 is 2.32 bits per heavy atom. The van der Waals surface area contributed by atoms with Crippen LogP contribution in [-0.2, 0) is 32.9 Å². The van der Waals surface area contributed by atoms with Crippen molar-refractivity contribution in [3.63, 3.8) is 0 Å². The van der Waals surface area contributed by atoms with Crippen molar-refractivity contribution >= 4 is 14.3 Å². The SMILES string of the molecule is CCOC(=O)C#C[C@H](OCOC)[C@H]1OC(C)(C)O[C@@H]1[C@H](O[Si](C)(C)C(C)(C)C)c1ccccc1. The zero-order chi connectivity index (χ0) is 25.6. The van der Waals surface area contributed by atoms with E-state index in [4.69, 9.17) is 28.1 Å². The van der Waals surface area contributed by atoms with Gasteiger partial charge in [0.15, 0.2) is 20.2 Å². The number of hydrogen-bond donors (Lipinski definition) is 0. The van der Waals surface area contributed by atoms with Crippen LogP contribution in [-0.4, -0.2) is 58.9 Å². The monoisotopic (exact) mass is 492 g/mol. The lowest BCUT2D eigenvalue weighted by molar-refractivity contribution is -0.165. The van der Waals surface area contributed by atoms with E-state index in [2.05, 4.69) is 45.7 Å². The lowest BCUT2D eigenvalue weighted by Crippen LogP contribution is -2.47. The van der Waals surface area contributed by atoms with E-state index in [9.17, 15) is 4.79 Å². The lowest BCUT2D eigenvalue weighted by atomic mass is 9.97. The normalized spacial score (nSPS) is 21.9. The van der Waals surface area contributed by atoms with Gasteiger partial charge < -0.3 is 28.1 Å². The van der Waals surface area contributed by atoms with Crippen molar-refractivity contribution in [3.05, 3.63) is 35.9 Å². The lowest BCUT2D eigenvalue weighted by Gasteiger charge is -2.41. The van der Waals surface area contributed by atoms with E-state index >= 15 is 0 Å². The summed E-state index contributed by atoms with van der Waals surface area (Å²) >= 11 is 0. The molecule has 0 saturated carbocycles. The van der Waals surface area contributed by atoms with Crippen LogP contribution in [0.15, 0.2) is 30.3 Å². The Kier molecular flexibility index (Phi) is 9.89. The molecule has 0 N–H and O–H groups in total. The zero-order valence-corrected chi connectivity index (χ0v) is 23.0. The number of carbonyl (C=O) groups is 1. The van der Waals surface area contributed by atoms with Crippen LogP contribution in [0.2, 0.25) is 18.1 Å². The predicted octanol–water partition coefficient (Wildman–Crippen LogP) is 4.83. The van der Waals surface area contributed by atoms with E-state index in [1.807, 2.05) is 44.2 Å². The van der Waals surface area contributed by atoms with E-state index in [0.717, 1.165) is 5.56 Å². The molecule has 1 saturated heterocycles. The number of esters is 1. The Labute approximate surface area is 205 Å². The first-order valence-electron chi connectivity index (χ1n) is 11.7. The molecule has 0 aliphatic carbocycles. The molecule has 0 amide bonds. The van der Waals surface area contributed by atoms with Gasteiger partial charge in [0.25, 0.3) is 0 Å². The molecule has 2 rings (SSSR count). The van der Waals surface area contributed by atoms with Crippen LogP contribution in [0.3, 0.4) is 0 Å². The number of benzene rings is 1. The summed E-state index contributed by atoms with van der Waals surface area (Å²) in [5, 5.41) is -0.0137. The fraction of sp³-hybridized carbons (Fsp3) is 0.654. The minimum Gasteiger partial charge on any atom is -0.456 e. The molecule has 1 fully saturated rings. The summed E-state index contributed by atoms with van der Waals surface area (Å²) in [6.07, 6.45) is -2.40. The maximum atomic E-state index is 11.9. The third-order valence-electron chi connectivity index (χ3n) is 6.07. The van der Waals surface area contributed by atoms with E-state index in [1.54, 1.807) is 6.92 Å². The van der Waals surface area contributed by atoms with Crippen LogP contribution in [0.25, 0.3) is 0 Å². The first-order valence-corrected chi connectivity index (χ1v) is 14.6. The molecule has 0 spiro atoms. The molecule has 0 radical (unpaired) electrons. The van der Waals surface area contributed by atoms with Crippen molar-refractivity contribution in [2.45, 2.75) is 89.9 Å². The molecule has 0 unspecified atom stereocenters. The van der Waals surface area contributed by atoms with Crippen molar-refractivity contribution in [3.8, 4) is 11.8 Å². The molecule has 1 aromatic carbocycles. The molecule has 1 aliphatic heterocycles. The van der Waals surface area contributed by atoms with Gasteiger partial charge in [-0.05, 0) is 44.5 Å². The molecule has 8 heteroatoms. The smallest absolute Gasteiger partial charge is 0.384 e. The van der Waals surface area contributed by atoms with Gasteiger partial charge >= 0.3 is 5.97 Å². The highest BCUT2D eigenvalue weighted by Gasteiger charge is 2.52. The summed E-state index contributed by atoms with van der Waals surface area (Å²) in [5.74, 6) is 3.85. The fourth-order valence-corrected chi connectivity index (χ4v) is 4.66. The number of rotatable bonds is 9. The maximum absolute atomic E-state index is 11.9. The summed E-state index contributed by atoms with van der Waals surface area (Å²) in [4.78, 5) is 11.9. The van der Waals surface area contributed by atoms with Gasteiger partial charge in [0.05, 0.1) is 12.7 Å². The Hall–Kier alpha value is -1.73. The second-order valence-corrected chi connectivity index (χ2v) is 15.0. The van der Waals surface area contributed by atoms with Crippen LogP contribution in [0.1, 0.15) is 53.2 Å². The highest BCUT2D eigenvalue weighted by molar-refractivity contribution is 6.74. The van der Waals surface area contributed by atoms with Gasteiger partial charge in [0.2, 0.25) is 0 Å². The van der Waals surface area contributed by atoms with E-state index < -0.39 is 44.5 Å². The average molecular weight is 493 g/mol. The van der Waals surface area contributed by atoms with Gasteiger partial charge in [0.1, 0.15) is 19.0 Å². The second kappa shape index (κ2) is 11.8. The first kappa shape index (κ1) is 28.5. The Balaban J connectivity index is 2.51. The summed E-state index contributed by atoms with van der Waals surface area (Å²) in [6, 6.07) is 9.98. The summed E-state index contributed by atoms with van der Waals surface area (Å²) in [7, 11) is -0.688. The molecule has 1 heterocycles. The molecule has 4 atom stereocenters. The highest BCUT2D eigenvalue weighted by Crippen LogP contribution is 2.45. The average Bonchev–Trinajstić information content (AvgIpc) is 3.07. The predicted molar refractivity (Wildman–Crippen MR) is 132 cm³/mol. The van der Waals surface area contributed by atoms with Gasteiger partial charge in [-0.1, -0.05) is 57.0 Å². The van der Waals surface area contributed by atoms with Gasteiger partial charge in [-0.25, -0.2) is 4.79 Å². The topological polar surface area (TPSA) is 72.5 Å². The van der Waals surface area contributed by atoms with Crippen molar-refractivity contribution in [1.29, 1.82) is 0 Å². The fourth-order valence-electron chi connectivity index (χ4n) is 3.40. The molecule has 190 valence electrons. The number of hydrogen-bond acceptors (Lipinski definition) is 7. The third-order valence-corrected chi connectivity index (χ3v) is 10.5. The van der Waals surface area contributed by atoms with Gasteiger partial charge in [0, 0.05) is 13.0 Å². The van der Waals surface area contributed by atoms with Crippen molar-refractivity contribution in [2.75, 3.05) is 20.5 Å². The van der Waals surface area contributed by atoms with Crippen LogP contribution >= 0.6 is 0 Å².